The maximum absolute atomic E-state index is 13.8. The van der Waals surface area contributed by atoms with Crippen molar-refractivity contribution >= 4 is 0 Å². The fourth-order valence-corrected chi connectivity index (χ4v) is 3.68. The highest BCUT2D eigenvalue weighted by Gasteiger charge is 2.56. The molecule has 92 valence electrons. The zero-order chi connectivity index (χ0) is 12.0. The van der Waals surface area contributed by atoms with Crippen molar-refractivity contribution in [2.45, 2.75) is 25.3 Å². The Kier molecular flexibility index (Phi) is 2.66. The number of hydrogen-bond donors (Lipinski definition) is 1. The van der Waals surface area contributed by atoms with E-state index in [-0.39, 0.29) is 6.04 Å². The lowest BCUT2D eigenvalue weighted by molar-refractivity contribution is 0.426. The van der Waals surface area contributed by atoms with Gasteiger partial charge in [-0.1, -0.05) is 12.5 Å². The predicted octanol–water partition coefficient (Wildman–Crippen LogP) is 3.27. The minimum Gasteiger partial charge on any atom is -0.313 e. The summed E-state index contributed by atoms with van der Waals surface area (Å²) >= 11 is 0. The van der Waals surface area contributed by atoms with Gasteiger partial charge in [-0.2, -0.15) is 0 Å². The second-order valence-electron chi connectivity index (χ2n) is 5.27. The van der Waals surface area contributed by atoms with Gasteiger partial charge in [0.15, 0.2) is 0 Å². The van der Waals surface area contributed by atoms with Crippen molar-refractivity contribution in [2.75, 3.05) is 7.05 Å². The first-order chi connectivity index (χ1) is 8.22. The van der Waals surface area contributed by atoms with Crippen LogP contribution in [0.4, 0.5) is 8.78 Å². The summed E-state index contributed by atoms with van der Waals surface area (Å²) < 4.78 is 26.7. The molecular weight excluding hydrogens is 220 g/mol. The fourth-order valence-electron chi connectivity index (χ4n) is 3.68. The molecule has 3 rings (SSSR count). The molecule has 2 saturated carbocycles. The normalized spacial score (nSPS) is 32.3. The van der Waals surface area contributed by atoms with Gasteiger partial charge >= 0.3 is 0 Å². The van der Waals surface area contributed by atoms with Crippen molar-refractivity contribution in [1.82, 2.24) is 5.32 Å². The second kappa shape index (κ2) is 4.05. The lowest BCUT2D eigenvalue weighted by atomic mass is 9.96. The summed E-state index contributed by atoms with van der Waals surface area (Å²) in [6, 6.07) is 3.96. The van der Waals surface area contributed by atoms with Gasteiger partial charge in [0.05, 0.1) is 0 Å². The van der Waals surface area contributed by atoms with Gasteiger partial charge in [0.2, 0.25) is 0 Å². The molecule has 0 heterocycles. The SMILES string of the molecule is CNC(c1ccc(F)cc1F)C1C2CCCC21. The smallest absolute Gasteiger partial charge is 0.130 e. The van der Waals surface area contributed by atoms with Crippen molar-refractivity contribution in [3.8, 4) is 0 Å². The van der Waals surface area contributed by atoms with E-state index in [1.165, 1.54) is 25.3 Å². The number of hydrogen-bond acceptors (Lipinski definition) is 1. The summed E-state index contributed by atoms with van der Waals surface area (Å²) in [5.74, 6) is 1.15. The van der Waals surface area contributed by atoms with Crippen LogP contribution in [0.3, 0.4) is 0 Å². The molecule has 0 radical (unpaired) electrons. The molecule has 2 aliphatic carbocycles. The monoisotopic (exact) mass is 237 g/mol. The van der Waals surface area contributed by atoms with Crippen molar-refractivity contribution in [3.63, 3.8) is 0 Å². The minimum absolute atomic E-state index is 0.0471. The van der Waals surface area contributed by atoms with Gasteiger partial charge in [-0.05, 0) is 43.7 Å². The van der Waals surface area contributed by atoms with E-state index in [4.69, 9.17) is 0 Å². The van der Waals surface area contributed by atoms with E-state index < -0.39 is 11.6 Å². The Morgan fingerprint density at radius 3 is 2.53 bits per heavy atom. The summed E-state index contributed by atoms with van der Waals surface area (Å²) in [6.07, 6.45) is 3.86. The van der Waals surface area contributed by atoms with E-state index in [2.05, 4.69) is 5.32 Å². The van der Waals surface area contributed by atoms with Crippen molar-refractivity contribution < 1.29 is 8.78 Å². The van der Waals surface area contributed by atoms with Crippen LogP contribution in [0.1, 0.15) is 30.9 Å². The summed E-state index contributed by atoms with van der Waals surface area (Å²) in [5.41, 5.74) is 0.619. The van der Waals surface area contributed by atoms with Crippen LogP contribution in [0.25, 0.3) is 0 Å². The van der Waals surface area contributed by atoms with Gasteiger partial charge in [0.25, 0.3) is 0 Å². The van der Waals surface area contributed by atoms with Crippen LogP contribution in [0, 0.1) is 29.4 Å². The Hall–Kier alpha value is -0.960. The first kappa shape index (κ1) is 11.1. The summed E-state index contributed by atoms with van der Waals surface area (Å²) in [5, 5.41) is 3.21. The van der Waals surface area contributed by atoms with Crippen molar-refractivity contribution in [1.29, 1.82) is 0 Å². The molecule has 3 heteroatoms. The number of rotatable bonds is 3. The highest BCUT2D eigenvalue weighted by atomic mass is 19.1. The van der Waals surface area contributed by atoms with Gasteiger partial charge in [-0.3, -0.25) is 0 Å². The Balaban J connectivity index is 1.85. The van der Waals surface area contributed by atoms with Crippen LogP contribution in [0.15, 0.2) is 18.2 Å². The Bertz CT molecular complexity index is 422. The van der Waals surface area contributed by atoms with E-state index in [1.54, 1.807) is 6.07 Å². The van der Waals surface area contributed by atoms with E-state index >= 15 is 0 Å². The minimum atomic E-state index is -0.503. The molecule has 0 saturated heterocycles. The largest absolute Gasteiger partial charge is 0.313 e. The third-order valence-corrected chi connectivity index (χ3v) is 4.47. The summed E-state index contributed by atoms with van der Waals surface area (Å²) in [4.78, 5) is 0. The van der Waals surface area contributed by atoms with Gasteiger partial charge in [-0.15, -0.1) is 0 Å². The van der Waals surface area contributed by atoms with Crippen LogP contribution in [0.5, 0.6) is 0 Å². The Morgan fingerprint density at radius 2 is 1.94 bits per heavy atom. The topological polar surface area (TPSA) is 12.0 Å². The highest BCUT2D eigenvalue weighted by Crippen LogP contribution is 2.62. The molecule has 3 unspecified atom stereocenters. The van der Waals surface area contributed by atoms with Crippen LogP contribution >= 0.6 is 0 Å². The Labute approximate surface area is 100 Å². The standard InChI is InChI=1S/C14H17F2N/c1-17-14(13-9-3-2-4-10(9)13)11-6-5-8(15)7-12(11)16/h5-7,9-10,13-14,17H,2-4H2,1H3. The number of benzene rings is 1. The zero-order valence-corrected chi connectivity index (χ0v) is 9.92. The quantitative estimate of drug-likeness (QED) is 0.850. The number of fused-ring (bicyclic) bond motifs is 1. The lowest BCUT2D eigenvalue weighted by Crippen LogP contribution is -2.21. The molecule has 2 aliphatic rings. The molecular formula is C14H17F2N. The molecule has 0 bridgehead atoms. The van der Waals surface area contributed by atoms with Gasteiger partial charge in [-0.25, -0.2) is 8.78 Å². The molecule has 3 atom stereocenters. The van der Waals surface area contributed by atoms with Crippen molar-refractivity contribution in [3.05, 3.63) is 35.4 Å². The summed E-state index contributed by atoms with van der Waals surface area (Å²) in [6.45, 7) is 0. The molecule has 2 fully saturated rings. The molecule has 0 amide bonds. The molecule has 0 aliphatic heterocycles. The number of nitrogens with one attached hydrogen (secondary N) is 1. The van der Waals surface area contributed by atoms with E-state index in [9.17, 15) is 8.78 Å². The molecule has 1 N–H and O–H groups in total. The molecule has 0 aromatic heterocycles. The van der Waals surface area contributed by atoms with E-state index in [0.29, 0.717) is 11.5 Å². The molecule has 1 nitrogen and oxygen atoms in total. The summed E-state index contributed by atoms with van der Waals surface area (Å²) in [7, 11) is 1.86. The zero-order valence-electron chi connectivity index (χ0n) is 9.92. The second-order valence-corrected chi connectivity index (χ2v) is 5.27. The molecule has 1 aromatic rings. The Morgan fingerprint density at radius 1 is 1.24 bits per heavy atom. The van der Waals surface area contributed by atoms with Crippen molar-refractivity contribution in [2.24, 2.45) is 17.8 Å². The molecule has 17 heavy (non-hydrogen) atoms. The fraction of sp³-hybridized carbons (Fsp3) is 0.571. The van der Waals surface area contributed by atoms with Gasteiger partial charge in [0, 0.05) is 17.7 Å². The lowest BCUT2D eigenvalue weighted by Gasteiger charge is -2.19. The van der Waals surface area contributed by atoms with E-state index in [1.807, 2.05) is 7.05 Å². The third-order valence-electron chi connectivity index (χ3n) is 4.47. The maximum atomic E-state index is 13.8. The molecule has 0 spiro atoms. The van der Waals surface area contributed by atoms with Gasteiger partial charge in [0.1, 0.15) is 11.6 Å². The van der Waals surface area contributed by atoms with Crippen LogP contribution < -0.4 is 5.32 Å². The molecule has 1 aromatic carbocycles. The van der Waals surface area contributed by atoms with Gasteiger partial charge < -0.3 is 5.32 Å². The maximum Gasteiger partial charge on any atom is 0.130 e. The average Bonchev–Trinajstić information content (AvgIpc) is 2.77. The van der Waals surface area contributed by atoms with Crippen LogP contribution in [-0.2, 0) is 0 Å². The predicted molar refractivity (Wildman–Crippen MR) is 62.5 cm³/mol. The first-order valence-electron chi connectivity index (χ1n) is 6.34. The van der Waals surface area contributed by atoms with Crippen LogP contribution in [0.2, 0.25) is 0 Å². The highest BCUT2D eigenvalue weighted by molar-refractivity contribution is 5.26. The number of halogens is 2. The van der Waals surface area contributed by atoms with E-state index in [0.717, 1.165) is 17.9 Å². The van der Waals surface area contributed by atoms with Crippen LogP contribution in [-0.4, -0.2) is 7.05 Å². The first-order valence-corrected chi connectivity index (χ1v) is 6.34. The third kappa shape index (κ3) is 1.77. The average molecular weight is 237 g/mol.